The van der Waals surface area contributed by atoms with Gasteiger partial charge in [-0.25, -0.2) is 4.98 Å². The molecule has 0 amide bonds. The molecule has 1 atom stereocenters. The van der Waals surface area contributed by atoms with Gasteiger partial charge in [-0.2, -0.15) is 0 Å². The molecule has 1 heterocycles. The minimum atomic E-state index is 0. The van der Waals surface area contributed by atoms with Crippen molar-refractivity contribution in [3.05, 3.63) is 16.1 Å². The molecule has 0 fully saturated rings. The van der Waals surface area contributed by atoms with Crippen LogP contribution in [0.5, 0.6) is 0 Å². The number of nitrogens with zero attached hydrogens (tertiary/aromatic N) is 2. The van der Waals surface area contributed by atoms with Gasteiger partial charge in [0.05, 0.1) is 16.8 Å². The third-order valence-corrected chi connectivity index (χ3v) is 4.79. The number of thiazole rings is 1. The lowest BCUT2D eigenvalue weighted by Gasteiger charge is -2.30. The van der Waals surface area contributed by atoms with E-state index in [0.717, 1.165) is 36.2 Å². The van der Waals surface area contributed by atoms with Crippen LogP contribution in [0, 0.1) is 5.41 Å². The van der Waals surface area contributed by atoms with Crippen LogP contribution in [-0.2, 0) is 16.6 Å². The third kappa shape index (κ3) is 8.68. The highest BCUT2D eigenvalue weighted by Gasteiger charge is 2.24. The molecule has 0 aliphatic carbocycles. The lowest BCUT2D eigenvalue weighted by molar-refractivity contribution is 0.0205. The summed E-state index contributed by atoms with van der Waals surface area (Å²) < 4.78 is 5.56. The van der Waals surface area contributed by atoms with Crippen molar-refractivity contribution in [3.8, 4) is 0 Å². The van der Waals surface area contributed by atoms with Gasteiger partial charge in [-0.05, 0) is 5.41 Å². The summed E-state index contributed by atoms with van der Waals surface area (Å²) in [6, 6.07) is 0. The normalized spacial score (nSPS) is 14.0. The van der Waals surface area contributed by atoms with Crippen LogP contribution < -0.4 is 10.6 Å². The van der Waals surface area contributed by atoms with Crippen molar-refractivity contribution in [3.63, 3.8) is 0 Å². The van der Waals surface area contributed by atoms with Crippen molar-refractivity contribution < 1.29 is 4.74 Å². The van der Waals surface area contributed by atoms with Crippen LogP contribution in [0.3, 0.4) is 0 Å². The molecule has 0 bridgehead atoms. The largest absolute Gasteiger partial charge is 0.379 e. The molecule has 0 aromatic carbocycles. The zero-order chi connectivity index (χ0) is 18.4. The summed E-state index contributed by atoms with van der Waals surface area (Å²) in [7, 11) is 3.54. The van der Waals surface area contributed by atoms with Gasteiger partial charge in [-0.15, -0.1) is 35.3 Å². The molecule has 0 aliphatic heterocycles. The second-order valence-electron chi connectivity index (χ2n) is 8.10. The van der Waals surface area contributed by atoms with Gasteiger partial charge in [0.1, 0.15) is 0 Å². The Morgan fingerprint density at radius 2 is 1.88 bits per heavy atom. The average molecular weight is 482 g/mol. The molecule has 0 radical (unpaired) electrons. The first-order valence-corrected chi connectivity index (χ1v) is 9.38. The highest BCUT2D eigenvalue weighted by atomic mass is 127. The molecule has 0 spiro atoms. The van der Waals surface area contributed by atoms with Gasteiger partial charge in [-0.1, -0.05) is 41.5 Å². The van der Waals surface area contributed by atoms with Crippen molar-refractivity contribution in [1.29, 1.82) is 0 Å². The highest BCUT2D eigenvalue weighted by molar-refractivity contribution is 14.0. The summed E-state index contributed by atoms with van der Waals surface area (Å²) >= 11 is 1.73. The summed E-state index contributed by atoms with van der Waals surface area (Å²) in [5, 5.41) is 10.0. The Hall–Kier alpha value is -0.410. The molecule has 2 N–H and O–H groups in total. The third-order valence-electron chi connectivity index (χ3n) is 3.88. The Morgan fingerprint density at radius 3 is 2.32 bits per heavy atom. The first kappa shape index (κ1) is 24.6. The molecule has 0 saturated heterocycles. The van der Waals surface area contributed by atoms with Crippen LogP contribution >= 0.6 is 35.3 Å². The van der Waals surface area contributed by atoms with Gasteiger partial charge >= 0.3 is 0 Å². The van der Waals surface area contributed by atoms with Crippen LogP contribution in [0.25, 0.3) is 0 Å². The van der Waals surface area contributed by atoms with Crippen LogP contribution in [-0.4, -0.2) is 44.3 Å². The summed E-state index contributed by atoms with van der Waals surface area (Å²) in [5.41, 5.74) is 1.37. The first-order chi connectivity index (χ1) is 11.1. The summed E-state index contributed by atoms with van der Waals surface area (Å²) in [6.07, 6.45) is 1.03. The quantitative estimate of drug-likeness (QED) is 0.368. The van der Waals surface area contributed by atoms with E-state index in [1.54, 1.807) is 25.5 Å². The Morgan fingerprint density at radius 1 is 1.24 bits per heavy atom. The molecule has 7 heteroatoms. The average Bonchev–Trinajstić information content (AvgIpc) is 2.93. The Bertz CT molecular complexity index is 532. The lowest BCUT2D eigenvalue weighted by atomic mass is 9.89. The number of hydrogen-bond acceptors (Lipinski definition) is 4. The summed E-state index contributed by atoms with van der Waals surface area (Å²) in [5.74, 6) is 0.800. The van der Waals surface area contributed by atoms with E-state index in [1.807, 2.05) is 0 Å². The minimum absolute atomic E-state index is 0. The molecule has 1 rings (SSSR count). The van der Waals surface area contributed by atoms with Gasteiger partial charge in [-0.3, -0.25) is 4.99 Å². The van der Waals surface area contributed by atoms with Crippen LogP contribution in [0.15, 0.2) is 10.4 Å². The molecule has 25 heavy (non-hydrogen) atoms. The number of nitrogens with one attached hydrogen (secondary N) is 2. The number of rotatable bonds is 6. The molecule has 1 aromatic heterocycles. The Labute approximate surface area is 174 Å². The maximum Gasteiger partial charge on any atom is 0.191 e. The number of hydrogen-bond donors (Lipinski definition) is 2. The fourth-order valence-electron chi connectivity index (χ4n) is 2.21. The van der Waals surface area contributed by atoms with Crippen molar-refractivity contribution >= 4 is 41.3 Å². The lowest BCUT2D eigenvalue weighted by Crippen LogP contribution is -2.45. The number of ether oxygens (including phenoxy) is 1. The number of aromatic nitrogens is 1. The van der Waals surface area contributed by atoms with Gasteiger partial charge < -0.3 is 15.4 Å². The number of aliphatic imine (C=N–C) groups is 1. The van der Waals surface area contributed by atoms with E-state index in [4.69, 9.17) is 9.72 Å². The van der Waals surface area contributed by atoms with Crippen molar-refractivity contribution in [2.75, 3.05) is 27.2 Å². The number of methoxy groups -OCH3 is 1. The second kappa shape index (κ2) is 10.7. The van der Waals surface area contributed by atoms with Gasteiger partial charge in [0.25, 0.3) is 0 Å². The number of guanidine groups is 1. The van der Waals surface area contributed by atoms with E-state index in [2.05, 4.69) is 62.5 Å². The molecule has 5 nitrogen and oxygen atoms in total. The fourth-order valence-corrected chi connectivity index (χ4v) is 3.24. The van der Waals surface area contributed by atoms with Crippen LogP contribution in [0.4, 0.5) is 0 Å². The summed E-state index contributed by atoms with van der Waals surface area (Å²) in [4.78, 5) is 9.00. The molecule has 1 unspecified atom stereocenters. The predicted molar refractivity (Wildman–Crippen MR) is 120 cm³/mol. The highest BCUT2D eigenvalue weighted by Crippen LogP contribution is 2.24. The topological polar surface area (TPSA) is 58.5 Å². The van der Waals surface area contributed by atoms with Gasteiger partial charge in [0, 0.05) is 44.5 Å². The molecular weight excluding hydrogens is 447 g/mol. The van der Waals surface area contributed by atoms with E-state index in [9.17, 15) is 0 Å². The van der Waals surface area contributed by atoms with Gasteiger partial charge in [0.2, 0.25) is 0 Å². The smallest absolute Gasteiger partial charge is 0.191 e. The maximum atomic E-state index is 5.56. The Balaban J connectivity index is 0.00000576. The zero-order valence-electron chi connectivity index (χ0n) is 16.9. The molecular formula is C18H35IN4OS. The second-order valence-corrected chi connectivity index (χ2v) is 9.04. The van der Waals surface area contributed by atoms with E-state index in [1.165, 1.54) is 0 Å². The van der Waals surface area contributed by atoms with Crippen LogP contribution in [0.2, 0.25) is 0 Å². The minimum Gasteiger partial charge on any atom is -0.379 e. The standard InChI is InChI=1S/C18H34N4OS.HI/c1-17(2,3)13-12-24-15(22-13)9-10-20-16(19-7)21-11-14(23-8)18(4,5)6;/h12,14H,9-11H2,1-8H3,(H2,19,20,21);1H. The Kier molecular flexibility index (Phi) is 10.5. The SMILES string of the molecule is CN=C(NCCc1nc(C(C)(C)C)cs1)NCC(OC)C(C)(C)C.I. The summed E-state index contributed by atoms with van der Waals surface area (Å²) in [6.45, 7) is 14.6. The zero-order valence-corrected chi connectivity index (χ0v) is 20.0. The molecule has 146 valence electrons. The van der Waals surface area contributed by atoms with E-state index >= 15 is 0 Å². The van der Waals surface area contributed by atoms with Gasteiger partial charge in [0.15, 0.2) is 5.96 Å². The van der Waals surface area contributed by atoms with Crippen molar-refractivity contribution in [1.82, 2.24) is 15.6 Å². The fraction of sp³-hybridized carbons (Fsp3) is 0.778. The van der Waals surface area contributed by atoms with Crippen LogP contribution in [0.1, 0.15) is 52.2 Å². The maximum absolute atomic E-state index is 5.56. The van der Waals surface area contributed by atoms with E-state index < -0.39 is 0 Å². The molecule has 1 aromatic rings. The van der Waals surface area contributed by atoms with E-state index in [0.29, 0.717) is 0 Å². The van der Waals surface area contributed by atoms with Crippen molar-refractivity contribution in [2.24, 2.45) is 10.4 Å². The predicted octanol–water partition coefficient (Wildman–Crippen LogP) is 3.83. The molecule has 0 aliphatic rings. The first-order valence-electron chi connectivity index (χ1n) is 8.50. The monoisotopic (exact) mass is 482 g/mol. The molecule has 0 saturated carbocycles. The van der Waals surface area contributed by atoms with E-state index in [-0.39, 0.29) is 40.9 Å². The number of halogens is 1. The van der Waals surface area contributed by atoms with Crippen molar-refractivity contribution in [2.45, 2.75) is 59.5 Å².